The largest absolute Gasteiger partial charge is 0.485 e. The van der Waals surface area contributed by atoms with Gasteiger partial charge in [0.15, 0.2) is 0 Å². The molecule has 0 aromatic heterocycles. The maximum atomic E-state index is 12.5. The molecule has 110 valence electrons. The minimum atomic E-state index is -4.35. The average Bonchev–Trinajstić information content (AvgIpc) is 2.46. The highest BCUT2D eigenvalue weighted by Crippen LogP contribution is 2.41. The van der Waals surface area contributed by atoms with Gasteiger partial charge in [0.25, 0.3) is 0 Å². The minimum Gasteiger partial charge on any atom is -0.485 e. The van der Waals surface area contributed by atoms with Gasteiger partial charge in [0.2, 0.25) is 0 Å². The molecule has 0 fully saturated rings. The lowest BCUT2D eigenvalue weighted by atomic mass is 9.94. The molecular weight excluding hydrogens is 281 g/mol. The van der Waals surface area contributed by atoms with Crippen LogP contribution >= 0.6 is 0 Å². The number of hydrogen-bond donors (Lipinski definition) is 1. The van der Waals surface area contributed by atoms with Gasteiger partial charge in [-0.25, -0.2) is 0 Å². The maximum Gasteiger partial charge on any atom is 0.416 e. The molecule has 0 amide bonds. The van der Waals surface area contributed by atoms with Gasteiger partial charge >= 0.3 is 6.18 Å². The van der Waals surface area contributed by atoms with E-state index in [1.165, 1.54) is 12.1 Å². The van der Waals surface area contributed by atoms with Gasteiger partial charge in [-0.2, -0.15) is 13.2 Å². The summed E-state index contributed by atoms with van der Waals surface area (Å²) >= 11 is 0. The predicted octanol–water partition coefficient (Wildman–Crippen LogP) is 4.26. The molecular formula is C16H13F3O2. The number of benzene rings is 2. The predicted molar refractivity (Wildman–Crippen MR) is 70.8 cm³/mol. The molecule has 2 nitrogen and oxygen atoms in total. The van der Waals surface area contributed by atoms with Crippen molar-refractivity contribution in [1.82, 2.24) is 0 Å². The maximum absolute atomic E-state index is 12.5. The van der Waals surface area contributed by atoms with Gasteiger partial charge in [0.1, 0.15) is 11.9 Å². The van der Waals surface area contributed by atoms with Crippen molar-refractivity contribution in [3.63, 3.8) is 0 Å². The lowest BCUT2D eigenvalue weighted by molar-refractivity contribution is -0.137. The van der Waals surface area contributed by atoms with E-state index in [2.05, 4.69) is 0 Å². The molecule has 2 atom stereocenters. The molecule has 3 rings (SSSR count). The third kappa shape index (κ3) is 2.74. The van der Waals surface area contributed by atoms with Gasteiger partial charge in [-0.15, -0.1) is 0 Å². The van der Waals surface area contributed by atoms with E-state index in [0.29, 0.717) is 23.3 Å². The first-order valence-electron chi connectivity index (χ1n) is 6.56. The van der Waals surface area contributed by atoms with Crippen LogP contribution in [0, 0.1) is 0 Å². The molecule has 0 spiro atoms. The van der Waals surface area contributed by atoms with Crippen LogP contribution in [0.5, 0.6) is 5.75 Å². The van der Waals surface area contributed by atoms with E-state index in [4.69, 9.17) is 4.74 Å². The SMILES string of the molecule is O[C@H]1C[C@@H](c2ccc(C(F)(F)F)cc2)Oc2ccccc21. The summed E-state index contributed by atoms with van der Waals surface area (Å²) in [6, 6.07) is 12.0. The van der Waals surface area contributed by atoms with Crippen LogP contribution in [0.2, 0.25) is 0 Å². The van der Waals surface area contributed by atoms with E-state index < -0.39 is 23.9 Å². The quantitative estimate of drug-likeness (QED) is 0.851. The lowest BCUT2D eigenvalue weighted by Crippen LogP contribution is -2.19. The van der Waals surface area contributed by atoms with Crippen molar-refractivity contribution in [1.29, 1.82) is 0 Å². The molecule has 0 bridgehead atoms. The van der Waals surface area contributed by atoms with Gasteiger partial charge in [-0.3, -0.25) is 0 Å². The first-order chi connectivity index (χ1) is 9.95. The molecule has 0 saturated heterocycles. The fourth-order valence-electron chi connectivity index (χ4n) is 2.49. The Labute approximate surface area is 119 Å². The second-order valence-corrected chi connectivity index (χ2v) is 5.02. The number of hydrogen-bond acceptors (Lipinski definition) is 2. The zero-order valence-corrected chi connectivity index (χ0v) is 11.0. The van der Waals surface area contributed by atoms with Crippen molar-refractivity contribution < 1.29 is 23.0 Å². The molecule has 1 heterocycles. The Morgan fingerprint density at radius 3 is 2.33 bits per heavy atom. The molecule has 1 aliphatic heterocycles. The summed E-state index contributed by atoms with van der Waals surface area (Å²) in [5.74, 6) is 0.571. The fraction of sp³-hybridized carbons (Fsp3) is 0.250. The smallest absolute Gasteiger partial charge is 0.416 e. The van der Waals surface area contributed by atoms with E-state index in [1.807, 2.05) is 6.07 Å². The van der Waals surface area contributed by atoms with Gasteiger partial charge < -0.3 is 9.84 Å². The topological polar surface area (TPSA) is 29.5 Å². The summed E-state index contributed by atoms with van der Waals surface area (Å²) < 4.78 is 43.4. The Hall–Kier alpha value is -2.01. The highest BCUT2D eigenvalue weighted by molar-refractivity contribution is 5.38. The lowest BCUT2D eigenvalue weighted by Gasteiger charge is -2.30. The Morgan fingerprint density at radius 1 is 1.00 bits per heavy atom. The normalized spacial score (nSPS) is 21.5. The number of alkyl halides is 3. The van der Waals surface area contributed by atoms with Crippen LogP contribution in [0.1, 0.15) is 35.3 Å². The summed E-state index contributed by atoms with van der Waals surface area (Å²) in [5, 5.41) is 10.1. The van der Waals surface area contributed by atoms with E-state index in [9.17, 15) is 18.3 Å². The van der Waals surface area contributed by atoms with Crippen LogP contribution in [0.3, 0.4) is 0 Å². The Bertz CT molecular complexity index is 635. The van der Waals surface area contributed by atoms with E-state index in [0.717, 1.165) is 12.1 Å². The highest BCUT2D eigenvalue weighted by atomic mass is 19.4. The van der Waals surface area contributed by atoms with Crippen LogP contribution < -0.4 is 4.74 Å². The Balaban J connectivity index is 1.86. The molecule has 0 unspecified atom stereocenters. The van der Waals surface area contributed by atoms with Crippen molar-refractivity contribution >= 4 is 0 Å². The molecule has 5 heteroatoms. The van der Waals surface area contributed by atoms with E-state index in [1.54, 1.807) is 18.2 Å². The summed E-state index contributed by atoms with van der Waals surface area (Å²) in [4.78, 5) is 0. The van der Waals surface area contributed by atoms with Crippen LogP contribution in [0.4, 0.5) is 13.2 Å². The van der Waals surface area contributed by atoms with Crippen molar-refractivity contribution in [2.45, 2.75) is 24.8 Å². The molecule has 0 saturated carbocycles. The first kappa shape index (κ1) is 13.9. The van der Waals surface area contributed by atoms with E-state index >= 15 is 0 Å². The number of fused-ring (bicyclic) bond motifs is 1. The summed E-state index contributed by atoms with van der Waals surface area (Å²) in [6.07, 6.45) is -5.15. The monoisotopic (exact) mass is 294 g/mol. The van der Waals surface area contributed by atoms with E-state index in [-0.39, 0.29) is 0 Å². The summed E-state index contributed by atoms with van der Waals surface area (Å²) in [6.45, 7) is 0. The third-order valence-corrected chi connectivity index (χ3v) is 3.59. The number of rotatable bonds is 1. The molecule has 1 N–H and O–H groups in total. The number of ether oxygens (including phenoxy) is 1. The molecule has 2 aromatic rings. The Morgan fingerprint density at radius 2 is 1.67 bits per heavy atom. The van der Waals surface area contributed by atoms with Crippen LogP contribution in [-0.4, -0.2) is 5.11 Å². The molecule has 2 aromatic carbocycles. The van der Waals surface area contributed by atoms with Gasteiger partial charge in [-0.05, 0) is 23.8 Å². The zero-order valence-electron chi connectivity index (χ0n) is 11.0. The highest BCUT2D eigenvalue weighted by Gasteiger charge is 2.31. The fourth-order valence-corrected chi connectivity index (χ4v) is 2.49. The summed E-state index contributed by atoms with van der Waals surface area (Å²) in [7, 11) is 0. The standard InChI is InChI=1S/C16H13F3O2/c17-16(18,19)11-7-5-10(6-8-11)15-9-13(20)12-3-1-2-4-14(12)21-15/h1-8,13,15,20H,9H2/t13-,15-/m0/s1. The number of aliphatic hydroxyl groups is 1. The third-order valence-electron chi connectivity index (χ3n) is 3.59. The van der Waals surface area contributed by atoms with Gasteiger partial charge in [0.05, 0.1) is 11.7 Å². The molecule has 21 heavy (non-hydrogen) atoms. The van der Waals surface area contributed by atoms with Crippen LogP contribution in [-0.2, 0) is 6.18 Å². The van der Waals surface area contributed by atoms with Crippen LogP contribution in [0.25, 0.3) is 0 Å². The molecule has 1 aliphatic rings. The number of para-hydroxylation sites is 1. The second kappa shape index (κ2) is 5.07. The zero-order chi connectivity index (χ0) is 15.0. The van der Waals surface area contributed by atoms with Gasteiger partial charge in [-0.1, -0.05) is 30.3 Å². The van der Waals surface area contributed by atoms with Crippen molar-refractivity contribution in [3.8, 4) is 5.75 Å². The number of aliphatic hydroxyl groups excluding tert-OH is 1. The van der Waals surface area contributed by atoms with Crippen molar-refractivity contribution in [3.05, 3.63) is 65.2 Å². The van der Waals surface area contributed by atoms with Gasteiger partial charge in [0, 0.05) is 12.0 Å². The van der Waals surface area contributed by atoms with Crippen molar-refractivity contribution in [2.75, 3.05) is 0 Å². The molecule has 0 aliphatic carbocycles. The Kier molecular flexibility index (Phi) is 3.37. The molecule has 0 radical (unpaired) electrons. The average molecular weight is 294 g/mol. The number of halogens is 3. The summed E-state index contributed by atoms with van der Waals surface area (Å²) in [5.41, 5.74) is 0.639. The minimum absolute atomic E-state index is 0.322. The second-order valence-electron chi connectivity index (χ2n) is 5.02. The first-order valence-corrected chi connectivity index (χ1v) is 6.56. The van der Waals surface area contributed by atoms with Crippen LogP contribution in [0.15, 0.2) is 48.5 Å². The van der Waals surface area contributed by atoms with Crippen molar-refractivity contribution in [2.24, 2.45) is 0 Å².